The molecule has 0 aromatic heterocycles. The summed E-state index contributed by atoms with van der Waals surface area (Å²) in [6, 6.07) is 0.420. The molecule has 0 N–H and O–H groups in total. The molecule has 1 aliphatic carbocycles. The molecule has 0 bridgehead atoms. The first kappa shape index (κ1) is 10.5. The highest BCUT2D eigenvalue weighted by Crippen LogP contribution is 2.31. The smallest absolute Gasteiger partial charge is 0.220 e. The van der Waals surface area contributed by atoms with Gasteiger partial charge in [-0.1, -0.05) is 19.1 Å². The van der Waals surface area contributed by atoms with E-state index in [1.54, 1.807) is 6.92 Å². The van der Waals surface area contributed by atoms with E-state index >= 15 is 0 Å². The van der Waals surface area contributed by atoms with Crippen molar-refractivity contribution >= 4 is 5.91 Å². The predicted octanol–water partition coefficient (Wildman–Crippen LogP) is 2.66. The Balaban J connectivity index is 2.20. The third-order valence-corrected chi connectivity index (χ3v) is 3.47. The maximum Gasteiger partial charge on any atom is 0.220 e. The van der Waals surface area contributed by atoms with Crippen LogP contribution in [0.4, 0.5) is 0 Å². The van der Waals surface area contributed by atoms with Gasteiger partial charge in [-0.05, 0) is 36.8 Å². The van der Waals surface area contributed by atoms with Crippen molar-refractivity contribution in [2.24, 2.45) is 0 Å². The van der Waals surface area contributed by atoms with Gasteiger partial charge in [-0.15, -0.1) is 0 Å². The zero-order valence-electron chi connectivity index (χ0n) is 9.62. The van der Waals surface area contributed by atoms with Crippen LogP contribution in [-0.2, 0) is 4.79 Å². The van der Waals surface area contributed by atoms with Gasteiger partial charge in [-0.3, -0.25) is 4.79 Å². The van der Waals surface area contributed by atoms with E-state index in [1.165, 1.54) is 17.6 Å². The van der Waals surface area contributed by atoms with E-state index in [1.807, 2.05) is 4.90 Å². The fourth-order valence-corrected chi connectivity index (χ4v) is 2.57. The van der Waals surface area contributed by atoms with Crippen molar-refractivity contribution in [2.75, 3.05) is 6.54 Å². The molecular weight excluding hydrogens is 186 g/mol. The molecule has 2 aliphatic rings. The van der Waals surface area contributed by atoms with Crippen molar-refractivity contribution in [3.8, 4) is 0 Å². The Morgan fingerprint density at radius 1 is 1.40 bits per heavy atom. The standard InChI is InChI=1S/C13H19NO/c1-3-13-8-11-6-4-5-7-12(11)9-14(13)10(2)15/h6-7,13H,3-5,8-9H2,1-2H3. The number of nitrogens with zero attached hydrogens (tertiary/aromatic N) is 1. The van der Waals surface area contributed by atoms with Crippen LogP contribution >= 0.6 is 0 Å². The average Bonchev–Trinajstić information content (AvgIpc) is 2.27. The highest BCUT2D eigenvalue weighted by molar-refractivity contribution is 5.74. The molecule has 1 aliphatic heterocycles. The SMILES string of the molecule is CCC1CC2=CCCC=C2CN1C(C)=O. The van der Waals surface area contributed by atoms with Crippen LogP contribution in [0.15, 0.2) is 23.3 Å². The van der Waals surface area contributed by atoms with Crippen LogP contribution in [0.2, 0.25) is 0 Å². The number of rotatable bonds is 1. The average molecular weight is 205 g/mol. The van der Waals surface area contributed by atoms with E-state index < -0.39 is 0 Å². The zero-order valence-corrected chi connectivity index (χ0v) is 9.62. The van der Waals surface area contributed by atoms with Gasteiger partial charge in [0.15, 0.2) is 0 Å². The molecule has 2 heteroatoms. The van der Waals surface area contributed by atoms with Crippen LogP contribution < -0.4 is 0 Å². The lowest BCUT2D eigenvalue weighted by atomic mass is 9.86. The molecule has 1 unspecified atom stereocenters. The molecule has 0 radical (unpaired) electrons. The maximum atomic E-state index is 11.5. The van der Waals surface area contributed by atoms with Crippen molar-refractivity contribution in [1.29, 1.82) is 0 Å². The number of carbonyl (C=O) groups excluding carboxylic acids is 1. The lowest BCUT2D eigenvalue weighted by Gasteiger charge is -2.38. The van der Waals surface area contributed by atoms with E-state index in [-0.39, 0.29) is 5.91 Å². The molecule has 2 nitrogen and oxygen atoms in total. The molecule has 15 heavy (non-hydrogen) atoms. The van der Waals surface area contributed by atoms with Crippen molar-refractivity contribution < 1.29 is 4.79 Å². The summed E-state index contributed by atoms with van der Waals surface area (Å²) < 4.78 is 0. The first-order valence-corrected chi connectivity index (χ1v) is 5.88. The van der Waals surface area contributed by atoms with Crippen LogP contribution in [0.5, 0.6) is 0 Å². The predicted molar refractivity (Wildman–Crippen MR) is 61.5 cm³/mol. The van der Waals surface area contributed by atoms with Crippen molar-refractivity contribution in [3.05, 3.63) is 23.3 Å². The van der Waals surface area contributed by atoms with Gasteiger partial charge in [0.2, 0.25) is 5.91 Å². The van der Waals surface area contributed by atoms with Crippen molar-refractivity contribution in [2.45, 2.75) is 45.6 Å². The van der Waals surface area contributed by atoms with Gasteiger partial charge >= 0.3 is 0 Å². The lowest BCUT2D eigenvalue weighted by molar-refractivity contribution is -0.131. The molecule has 0 aromatic carbocycles. The van der Waals surface area contributed by atoms with Crippen LogP contribution in [0.3, 0.4) is 0 Å². The molecule has 1 fully saturated rings. The summed E-state index contributed by atoms with van der Waals surface area (Å²) in [5, 5.41) is 0. The van der Waals surface area contributed by atoms with Gasteiger partial charge in [0.25, 0.3) is 0 Å². The Labute approximate surface area is 91.6 Å². The lowest BCUT2D eigenvalue weighted by Crippen LogP contribution is -2.44. The molecule has 0 aromatic rings. The fourth-order valence-electron chi connectivity index (χ4n) is 2.57. The van der Waals surface area contributed by atoms with Crippen LogP contribution in [0.1, 0.15) is 39.5 Å². The van der Waals surface area contributed by atoms with Crippen molar-refractivity contribution in [3.63, 3.8) is 0 Å². The van der Waals surface area contributed by atoms with Crippen molar-refractivity contribution in [1.82, 2.24) is 4.90 Å². The number of likely N-dealkylation sites (tertiary alicyclic amines) is 1. The molecular formula is C13H19NO. The highest BCUT2D eigenvalue weighted by atomic mass is 16.2. The third kappa shape index (κ3) is 1.99. The molecule has 1 saturated heterocycles. The molecule has 82 valence electrons. The summed E-state index contributed by atoms with van der Waals surface area (Å²) in [5.41, 5.74) is 2.88. The summed E-state index contributed by atoms with van der Waals surface area (Å²) in [5.74, 6) is 0.215. The van der Waals surface area contributed by atoms with Gasteiger partial charge in [0, 0.05) is 19.5 Å². The van der Waals surface area contributed by atoms with Gasteiger partial charge in [-0.2, -0.15) is 0 Å². The Morgan fingerprint density at radius 2 is 2.07 bits per heavy atom. The number of allylic oxidation sites excluding steroid dienone is 2. The Morgan fingerprint density at radius 3 is 2.67 bits per heavy atom. The minimum Gasteiger partial charge on any atom is -0.335 e. The van der Waals surface area contributed by atoms with E-state index in [2.05, 4.69) is 19.1 Å². The molecule has 1 amide bonds. The highest BCUT2D eigenvalue weighted by Gasteiger charge is 2.28. The van der Waals surface area contributed by atoms with E-state index in [4.69, 9.17) is 0 Å². The van der Waals surface area contributed by atoms with Gasteiger partial charge in [0.1, 0.15) is 0 Å². The molecule has 0 spiro atoms. The van der Waals surface area contributed by atoms with Crippen LogP contribution in [0, 0.1) is 0 Å². The molecule has 0 saturated carbocycles. The number of hydrogen-bond donors (Lipinski definition) is 0. The van der Waals surface area contributed by atoms with Crippen LogP contribution in [0.25, 0.3) is 0 Å². The van der Waals surface area contributed by atoms with Gasteiger partial charge < -0.3 is 4.90 Å². The molecule has 1 heterocycles. The Hall–Kier alpha value is -1.05. The normalized spacial score (nSPS) is 25.5. The Kier molecular flexibility index (Phi) is 2.94. The van der Waals surface area contributed by atoms with Crippen LogP contribution in [-0.4, -0.2) is 23.4 Å². The Bertz CT molecular complexity index is 327. The number of piperidine rings is 1. The molecule has 2 rings (SSSR count). The van der Waals surface area contributed by atoms with E-state index in [0.717, 1.165) is 25.8 Å². The zero-order chi connectivity index (χ0) is 10.8. The monoisotopic (exact) mass is 205 g/mol. The number of carbonyl (C=O) groups is 1. The maximum absolute atomic E-state index is 11.5. The second-order valence-corrected chi connectivity index (χ2v) is 4.45. The minimum absolute atomic E-state index is 0.215. The van der Waals surface area contributed by atoms with Gasteiger partial charge in [-0.25, -0.2) is 0 Å². The summed E-state index contributed by atoms with van der Waals surface area (Å²) in [6.07, 6.45) is 9.09. The first-order valence-electron chi connectivity index (χ1n) is 5.88. The second-order valence-electron chi connectivity index (χ2n) is 4.45. The second kappa shape index (κ2) is 4.21. The van der Waals surface area contributed by atoms with E-state index in [0.29, 0.717) is 6.04 Å². The summed E-state index contributed by atoms with van der Waals surface area (Å²) in [7, 11) is 0. The summed E-state index contributed by atoms with van der Waals surface area (Å²) in [6.45, 7) is 4.68. The first-order chi connectivity index (χ1) is 7.22. The largest absolute Gasteiger partial charge is 0.335 e. The number of fused-ring (bicyclic) bond motifs is 1. The minimum atomic E-state index is 0.215. The quantitative estimate of drug-likeness (QED) is 0.644. The summed E-state index contributed by atoms with van der Waals surface area (Å²) in [4.78, 5) is 13.5. The number of amides is 1. The number of hydrogen-bond acceptors (Lipinski definition) is 1. The van der Waals surface area contributed by atoms with E-state index in [9.17, 15) is 4.79 Å². The van der Waals surface area contributed by atoms with Gasteiger partial charge in [0.05, 0.1) is 0 Å². The third-order valence-electron chi connectivity index (χ3n) is 3.47. The summed E-state index contributed by atoms with van der Waals surface area (Å²) >= 11 is 0. The topological polar surface area (TPSA) is 20.3 Å². The fraction of sp³-hybridized carbons (Fsp3) is 0.615. The molecule has 1 atom stereocenters.